The summed E-state index contributed by atoms with van der Waals surface area (Å²) in [6.45, 7) is 2.74. The molecule has 37 heavy (non-hydrogen) atoms. The zero-order chi connectivity index (χ0) is 25.5. The Labute approximate surface area is 235 Å². The molecule has 4 rings (SSSR count). The van der Waals surface area contributed by atoms with Gasteiger partial charge in [0.25, 0.3) is 60.0 Å². The third-order valence-electron chi connectivity index (χ3n) is 5.23. The van der Waals surface area contributed by atoms with E-state index >= 15 is 0 Å². The van der Waals surface area contributed by atoms with Crippen molar-refractivity contribution >= 4 is 89.9 Å². The molecule has 204 valence electrons. The number of benzene rings is 2. The number of rotatable bonds is 21. The SMILES string of the molecule is [SiH3]O[SiH2]O[SiH2]O[SiH2]O[SiH2]O[SiH2]O[SiH2]O[SiH](c1ccc(OCC2CO2)cc1)c1ccc(OCC2CO2)cc1. The predicted octanol–water partition coefficient (Wildman–Crippen LogP) is -6.53. The Morgan fingerprint density at radius 2 is 1.05 bits per heavy atom. The Balaban J connectivity index is 1.21. The van der Waals surface area contributed by atoms with E-state index in [9.17, 15) is 0 Å². The minimum absolute atomic E-state index is 0.231. The maximum atomic E-state index is 6.42. The highest BCUT2D eigenvalue weighted by atomic mass is 28.4. The Bertz CT molecular complexity index is 833. The highest BCUT2D eigenvalue weighted by Crippen LogP contribution is 2.15. The van der Waals surface area contributed by atoms with Crippen molar-refractivity contribution in [3.63, 3.8) is 0 Å². The van der Waals surface area contributed by atoms with Crippen molar-refractivity contribution in [1.29, 1.82) is 0 Å². The second-order valence-corrected chi connectivity index (χ2v) is 23.5. The van der Waals surface area contributed by atoms with Gasteiger partial charge < -0.3 is 47.8 Å². The molecule has 2 saturated heterocycles. The van der Waals surface area contributed by atoms with Gasteiger partial charge in [0.2, 0.25) is 9.04 Å². The van der Waals surface area contributed by atoms with E-state index in [-0.39, 0.29) is 12.2 Å². The summed E-state index contributed by atoms with van der Waals surface area (Å²) < 4.78 is 61.4. The van der Waals surface area contributed by atoms with E-state index in [4.69, 9.17) is 47.8 Å². The molecule has 0 radical (unpaired) electrons. The highest BCUT2D eigenvalue weighted by Gasteiger charge is 2.24. The first-order valence-electron chi connectivity index (χ1n) is 12.0. The van der Waals surface area contributed by atoms with Crippen LogP contribution < -0.4 is 19.8 Å². The molecule has 2 aliphatic rings. The fourth-order valence-corrected chi connectivity index (χ4v) is 17.6. The summed E-state index contributed by atoms with van der Waals surface area (Å²) in [6.07, 6.45) is 0.462. The van der Waals surface area contributed by atoms with Crippen LogP contribution in [0.25, 0.3) is 0 Å². The molecule has 0 amide bonds. The maximum absolute atomic E-state index is 6.42. The van der Waals surface area contributed by atoms with Crippen LogP contribution in [0.5, 0.6) is 11.5 Å². The standard InChI is InChI=1S/C18H34O11Si8/c30-23-31-24-32-25-33-26-34-27-35-28-36-29-37(17-5-1-13(2-6-17)19-9-15-11-21-15)18-7-3-14(4-8-18)20-10-16-12-22-16/h1-8,15-16,37H,9-12,31-36H2,30H3. The van der Waals surface area contributed by atoms with Crippen molar-refractivity contribution in [2.75, 3.05) is 26.4 Å². The second kappa shape index (κ2) is 17.2. The van der Waals surface area contributed by atoms with E-state index in [1.54, 1.807) is 0 Å². The molecule has 0 aromatic heterocycles. The summed E-state index contributed by atoms with van der Waals surface area (Å²) >= 11 is 0. The van der Waals surface area contributed by atoms with E-state index in [1.165, 1.54) is 10.4 Å². The third-order valence-corrected chi connectivity index (χ3v) is 16.7. The Morgan fingerprint density at radius 1 is 0.649 bits per heavy atom. The molecule has 2 aliphatic heterocycles. The lowest BCUT2D eigenvalue weighted by molar-refractivity contribution is 0.263. The smallest absolute Gasteiger partial charge is 0.286 e. The van der Waals surface area contributed by atoms with Crippen LogP contribution >= 0.6 is 0 Å². The molecule has 2 aromatic carbocycles. The van der Waals surface area contributed by atoms with Crippen molar-refractivity contribution in [2.24, 2.45) is 0 Å². The third kappa shape index (κ3) is 12.0. The van der Waals surface area contributed by atoms with Crippen LogP contribution in [0.2, 0.25) is 0 Å². The summed E-state index contributed by atoms with van der Waals surface area (Å²) in [6, 6.07) is 16.3. The molecule has 0 spiro atoms. The van der Waals surface area contributed by atoms with Crippen molar-refractivity contribution in [1.82, 2.24) is 0 Å². The van der Waals surface area contributed by atoms with Gasteiger partial charge in [-0.2, -0.15) is 0 Å². The van der Waals surface area contributed by atoms with Crippen molar-refractivity contribution in [3.8, 4) is 11.5 Å². The van der Waals surface area contributed by atoms with E-state index in [2.05, 4.69) is 24.3 Å². The Morgan fingerprint density at radius 3 is 1.46 bits per heavy atom. The Kier molecular flexibility index (Phi) is 13.6. The number of epoxide rings is 2. The Hall–Kier alpha value is -0.585. The topological polar surface area (TPSA) is 108 Å². The van der Waals surface area contributed by atoms with Crippen LogP contribution in [-0.4, -0.2) is 118 Å². The van der Waals surface area contributed by atoms with Gasteiger partial charge in [0, 0.05) is 0 Å². The molecule has 0 bridgehead atoms. The van der Waals surface area contributed by atoms with Crippen LogP contribution in [0.4, 0.5) is 0 Å². The monoisotopic (exact) mass is 650 g/mol. The van der Waals surface area contributed by atoms with Gasteiger partial charge in [0.05, 0.1) is 13.2 Å². The lowest BCUT2D eigenvalue weighted by atomic mass is 10.3. The average Bonchev–Trinajstić information content (AvgIpc) is 3.86. The van der Waals surface area contributed by atoms with Gasteiger partial charge in [-0.15, -0.1) is 0 Å². The van der Waals surface area contributed by atoms with Crippen molar-refractivity contribution in [3.05, 3.63) is 48.5 Å². The molecule has 2 heterocycles. The van der Waals surface area contributed by atoms with Crippen LogP contribution in [-0.2, 0) is 38.3 Å². The summed E-state index contributed by atoms with van der Waals surface area (Å²) in [5, 5.41) is 2.33. The van der Waals surface area contributed by atoms with Crippen molar-refractivity contribution in [2.45, 2.75) is 12.2 Å². The molecular formula is C18H34O11Si8. The largest absolute Gasteiger partial charge is 0.491 e. The highest BCUT2D eigenvalue weighted by molar-refractivity contribution is 6.82. The van der Waals surface area contributed by atoms with Crippen LogP contribution in [0.3, 0.4) is 0 Å². The minimum atomic E-state index is -1.93. The van der Waals surface area contributed by atoms with Gasteiger partial charge in [0.1, 0.15) is 47.4 Å². The minimum Gasteiger partial charge on any atom is -0.491 e. The maximum Gasteiger partial charge on any atom is 0.286 e. The molecule has 2 atom stereocenters. The molecule has 11 nitrogen and oxygen atoms in total. The zero-order valence-electron chi connectivity index (χ0n) is 20.9. The van der Waals surface area contributed by atoms with Crippen LogP contribution in [0.1, 0.15) is 0 Å². The normalized spacial score (nSPS) is 21.0. The molecule has 2 unspecified atom stereocenters. The van der Waals surface area contributed by atoms with Gasteiger partial charge >= 0.3 is 0 Å². The molecule has 0 saturated carbocycles. The van der Waals surface area contributed by atoms with E-state index < -0.39 is 69.1 Å². The number of ether oxygens (including phenoxy) is 4. The van der Waals surface area contributed by atoms with Gasteiger partial charge in [-0.1, -0.05) is 24.3 Å². The van der Waals surface area contributed by atoms with Gasteiger partial charge in [-0.05, 0) is 34.6 Å². The molecule has 2 fully saturated rings. The lowest BCUT2D eigenvalue weighted by Crippen LogP contribution is -2.46. The fourth-order valence-electron chi connectivity index (χ4n) is 3.17. The lowest BCUT2D eigenvalue weighted by Gasteiger charge is -2.19. The first-order valence-corrected chi connectivity index (χ1v) is 21.4. The molecule has 19 heteroatoms. The molecule has 2 aromatic rings. The molecule has 0 N–H and O–H groups in total. The molecular weight excluding hydrogens is 617 g/mol. The summed E-state index contributed by atoms with van der Waals surface area (Å²) in [5.74, 6) is 1.67. The summed E-state index contributed by atoms with van der Waals surface area (Å²) in [4.78, 5) is 0. The van der Waals surface area contributed by atoms with E-state index in [0.29, 0.717) is 13.2 Å². The van der Waals surface area contributed by atoms with E-state index in [0.717, 1.165) is 35.2 Å². The zero-order valence-corrected chi connectivity index (χ0v) is 32.6. The van der Waals surface area contributed by atoms with Gasteiger partial charge in [0.15, 0.2) is 0 Å². The second-order valence-electron chi connectivity index (χ2n) is 8.23. The summed E-state index contributed by atoms with van der Waals surface area (Å²) in [5.41, 5.74) is 0. The summed E-state index contributed by atoms with van der Waals surface area (Å²) in [7, 11) is -7.21. The molecule has 0 aliphatic carbocycles. The fraction of sp³-hybridized carbons (Fsp3) is 0.333. The van der Waals surface area contributed by atoms with E-state index in [1.807, 2.05) is 24.3 Å². The number of hydrogen-bond donors (Lipinski definition) is 0. The quantitative estimate of drug-likeness (QED) is 0.0732. The van der Waals surface area contributed by atoms with Gasteiger partial charge in [-0.3, -0.25) is 0 Å². The van der Waals surface area contributed by atoms with Crippen LogP contribution in [0, 0.1) is 0 Å². The first-order chi connectivity index (χ1) is 18.3. The van der Waals surface area contributed by atoms with Crippen molar-refractivity contribution < 1.29 is 47.8 Å². The average molecular weight is 651 g/mol. The number of hydrogen-bond acceptors (Lipinski definition) is 11. The first kappa shape index (κ1) is 29.4. The van der Waals surface area contributed by atoms with Crippen LogP contribution in [0.15, 0.2) is 48.5 Å². The van der Waals surface area contributed by atoms with Gasteiger partial charge in [-0.25, -0.2) is 0 Å². The predicted molar refractivity (Wildman–Crippen MR) is 159 cm³/mol.